The van der Waals surface area contributed by atoms with Crippen molar-refractivity contribution < 1.29 is 9.32 Å². The smallest absolute Gasteiger partial charge is 0.255 e. The van der Waals surface area contributed by atoms with Crippen molar-refractivity contribution in [1.29, 1.82) is 0 Å². The highest BCUT2D eigenvalue weighted by Gasteiger charge is 2.32. The highest BCUT2D eigenvalue weighted by Crippen LogP contribution is 2.27. The molecule has 1 amide bonds. The number of likely N-dealkylation sites (tertiary alicyclic amines) is 1. The highest BCUT2D eigenvalue weighted by atomic mass is 16.5. The van der Waals surface area contributed by atoms with Gasteiger partial charge in [-0.25, -0.2) is 0 Å². The summed E-state index contributed by atoms with van der Waals surface area (Å²) in [5.41, 5.74) is 2.15. The zero-order valence-electron chi connectivity index (χ0n) is 13.0. The Hall–Kier alpha value is -2.31. The molecule has 116 valence electrons. The fourth-order valence-corrected chi connectivity index (χ4v) is 2.76. The molecule has 1 atom stereocenters. The van der Waals surface area contributed by atoms with E-state index in [0.717, 1.165) is 17.8 Å². The third-order valence-electron chi connectivity index (χ3n) is 3.93. The van der Waals surface area contributed by atoms with Crippen LogP contribution in [-0.4, -0.2) is 44.2 Å². The monoisotopic (exact) mass is 301 g/mol. The molecule has 7 heteroatoms. The van der Waals surface area contributed by atoms with Crippen molar-refractivity contribution in [2.24, 2.45) is 0 Å². The molecule has 0 bridgehead atoms. The van der Waals surface area contributed by atoms with E-state index in [9.17, 15) is 4.79 Å². The first-order chi connectivity index (χ1) is 10.6. The van der Waals surface area contributed by atoms with Gasteiger partial charge >= 0.3 is 0 Å². The molecule has 0 aliphatic carbocycles. The predicted molar refractivity (Wildman–Crippen MR) is 78.4 cm³/mol. The number of hydrogen-bond donors (Lipinski definition) is 0. The summed E-state index contributed by atoms with van der Waals surface area (Å²) in [5.74, 6) is 1.37. The van der Waals surface area contributed by atoms with E-state index < -0.39 is 0 Å². The third kappa shape index (κ3) is 2.70. The molecule has 0 N–H and O–H groups in total. The fourth-order valence-electron chi connectivity index (χ4n) is 2.76. The van der Waals surface area contributed by atoms with E-state index in [1.54, 1.807) is 6.92 Å². The summed E-state index contributed by atoms with van der Waals surface area (Å²) in [4.78, 5) is 18.9. The second-order valence-corrected chi connectivity index (χ2v) is 5.62. The first kappa shape index (κ1) is 14.6. The Kier molecular flexibility index (Phi) is 3.87. The maximum absolute atomic E-state index is 12.8. The van der Waals surface area contributed by atoms with Crippen LogP contribution in [0, 0.1) is 13.8 Å². The van der Waals surface area contributed by atoms with E-state index >= 15 is 0 Å². The second kappa shape index (κ2) is 5.82. The Balaban J connectivity index is 1.78. The lowest BCUT2D eigenvalue weighted by Crippen LogP contribution is -2.30. The van der Waals surface area contributed by atoms with Crippen molar-refractivity contribution >= 4 is 5.91 Å². The van der Waals surface area contributed by atoms with Crippen LogP contribution >= 0.6 is 0 Å². The van der Waals surface area contributed by atoms with Gasteiger partial charge in [0.25, 0.3) is 5.91 Å². The van der Waals surface area contributed by atoms with E-state index in [1.807, 2.05) is 24.8 Å². The molecule has 0 saturated carbocycles. The Morgan fingerprint density at radius 1 is 1.41 bits per heavy atom. The number of aryl methyl sites for hydroxylation is 3. The summed E-state index contributed by atoms with van der Waals surface area (Å²) in [7, 11) is 0. The van der Waals surface area contributed by atoms with E-state index in [2.05, 4.69) is 20.3 Å². The van der Waals surface area contributed by atoms with Gasteiger partial charge in [-0.3, -0.25) is 4.79 Å². The summed E-state index contributed by atoms with van der Waals surface area (Å²) < 4.78 is 5.22. The van der Waals surface area contributed by atoms with Crippen LogP contribution in [0.5, 0.6) is 0 Å². The minimum absolute atomic E-state index is 0.00795. The lowest BCUT2D eigenvalue weighted by Gasteiger charge is -2.17. The molecule has 1 aliphatic heterocycles. The molecular formula is C15H19N5O2. The normalized spacial score (nSPS) is 18.0. The first-order valence-corrected chi connectivity index (χ1v) is 7.51. The van der Waals surface area contributed by atoms with E-state index in [1.165, 1.54) is 0 Å². The van der Waals surface area contributed by atoms with Gasteiger partial charge in [-0.1, -0.05) is 12.1 Å². The van der Waals surface area contributed by atoms with Gasteiger partial charge in [0.1, 0.15) is 0 Å². The summed E-state index contributed by atoms with van der Waals surface area (Å²) in [5, 5.41) is 12.0. The molecule has 1 fully saturated rings. The van der Waals surface area contributed by atoms with Crippen LogP contribution in [0.4, 0.5) is 0 Å². The maximum atomic E-state index is 12.8. The standard InChI is InChI=1S/C15H19N5O2/c1-4-13-12(7-9(2)17-18-13)15(21)20-6-5-11(8-20)14-16-10(3)19-22-14/h7,11H,4-6,8H2,1-3H3/t11-/m0/s1. The topological polar surface area (TPSA) is 85.0 Å². The second-order valence-electron chi connectivity index (χ2n) is 5.62. The van der Waals surface area contributed by atoms with Gasteiger partial charge in [0.05, 0.1) is 22.9 Å². The van der Waals surface area contributed by atoms with Crippen LogP contribution in [0.15, 0.2) is 10.6 Å². The fraction of sp³-hybridized carbons (Fsp3) is 0.533. The molecule has 0 spiro atoms. The first-order valence-electron chi connectivity index (χ1n) is 7.51. The number of rotatable bonds is 3. The quantitative estimate of drug-likeness (QED) is 0.857. The number of amides is 1. The van der Waals surface area contributed by atoms with Crippen molar-refractivity contribution in [3.63, 3.8) is 0 Å². The highest BCUT2D eigenvalue weighted by molar-refractivity contribution is 5.95. The molecule has 0 unspecified atom stereocenters. The molecule has 22 heavy (non-hydrogen) atoms. The molecule has 3 rings (SSSR count). The molecular weight excluding hydrogens is 282 g/mol. The lowest BCUT2D eigenvalue weighted by atomic mass is 10.1. The lowest BCUT2D eigenvalue weighted by molar-refractivity contribution is 0.0787. The average Bonchev–Trinajstić information content (AvgIpc) is 3.15. The maximum Gasteiger partial charge on any atom is 0.255 e. The Bertz CT molecular complexity index is 697. The van der Waals surface area contributed by atoms with Crippen LogP contribution in [0.3, 0.4) is 0 Å². The Labute approximate surface area is 128 Å². The van der Waals surface area contributed by atoms with Crippen molar-refractivity contribution in [3.8, 4) is 0 Å². The minimum Gasteiger partial charge on any atom is -0.339 e. The van der Waals surface area contributed by atoms with Gasteiger partial charge in [-0.05, 0) is 32.8 Å². The molecule has 1 saturated heterocycles. The zero-order chi connectivity index (χ0) is 15.7. The van der Waals surface area contributed by atoms with E-state index in [4.69, 9.17) is 4.52 Å². The van der Waals surface area contributed by atoms with Crippen molar-refractivity contribution in [3.05, 3.63) is 34.7 Å². The zero-order valence-corrected chi connectivity index (χ0v) is 13.0. The van der Waals surface area contributed by atoms with Crippen LogP contribution in [0.25, 0.3) is 0 Å². The van der Waals surface area contributed by atoms with Gasteiger partial charge in [-0.2, -0.15) is 15.2 Å². The minimum atomic E-state index is 0.00795. The Morgan fingerprint density at radius 2 is 2.23 bits per heavy atom. The number of nitrogens with zero attached hydrogens (tertiary/aromatic N) is 5. The number of aromatic nitrogens is 4. The molecule has 7 nitrogen and oxygen atoms in total. The van der Waals surface area contributed by atoms with Gasteiger partial charge in [0.15, 0.2) is 5.82 Å². The van der Waals surface area contributed by atoms with Crippen LogP contribution in [0.1, 0.15) is 52.7 Å². The molecule has 1 aliphatic rings. The largest absolute Gasteiger partial charge is 0.339 e. The summed E-state index contributed by atoms with van der Waals surface area (Å²) in [6, 6.07) is 1.82. The summed E-state index contributed by atoms with van der Waals surface area (Å²) >= 11 is 0. The number of hydrogen-bond acceptors (Lipinski definition) is 6. The molecule has 2 aromatic rings. The molecule has 3 heterocycles. The van der Waals surface area contributed by atoms with Gasteiger partial charge in [0, 0.05) is 13.1 Å². The molecule has 0 radical (unpaired) electrons. The predicted octanol–water partition coefficient (Wildman–Crippen LogP) is 1.67. The van der Waals surface area contributed by atoms with Crippen molar-refractivity contribution in [1.82, 2.24) is 25.2 Å². The third-order valence-corrected chi connectivity index (χ3v) is 3.93. The van der Waals surface area contributed by atoms with Gasteiger partial charge in [-0.15, -0.1) is 0 Å². The summed E-state index contributed by atoms with van der Waals surface area (Å²) in [6.45, 7) is 6.91. The van der Waals surface area contributed by atoms with Crippen LogP contribution < -0.4 is 0 Å². The average molecular weight is 301 g/mol. The van der Waals surface area contributed by atoms with Crippen molar-refractivity contribution in [2.45, 2.75) is 39.5 Å². The number of carbonyl (C=O) groups excluding carboxylic acids is 1. The molecule has 0 aromatic carbocycles. The Morgan fingerprint density at radius 3 is 2.91 bits per heavy atom. The van der Waals surface area contributed by atoms with Gasteiger partial charge in [0.2, 0.25) is 5.89 Å². The van der Waals surface area contributed by atoms with Crippen LogP contribution in [0.2, 0.25) is 0 Å². The van der Waals surface area contributed by atoms with E-state index in [-0.39, 0.29) is 11.8 Å². The molecule has 2 aromatic heterocycles. The summed E-state index contributed by atoms with van der Waals surface area (Å²) in [6.07, 6.45) is 1.53. The van der Waals surface area contributed by atoms with Crippen LogP contribution in [-0.2, 0) is 6.42 Å². The van der Waals surface area contributed by atoms with Crippen molar-refractivity contribution in [2.75, 3.05) is 13.1 Å². The number of carbonyl (C=O) groups is 1. The van der Waals surface area contributed by atoms with E-state index in [0.29, 0.717) is 36.8 Å². The SMILES string of the molecule is CCc1nnc(C)cc1C(=O)N1CC[C@H](c2nc(C)no2)C1. The van der Waals surface area contributed by atoms with Gasteiger partial charge < -0.3 is 9.42 Å².